The molecular formula is C23H24ClN3O6. The lowest BCUT2D eigenvalue weighted by molar-refractivity contribution is -0.385. The number of ether oxygens (including phenoxy) is 1. The predicted octanol–water partition coefficient (Wildman–Crippen LogP) is 3.80. The zero-order chi connectivity index (χ0) is 24.1. The molecule has 1 aliphatic heterocycles. The van der Waals surface area contributed by atoms with Crippen LogP contribution in [0, 0.1) is 16.0 Å². The molecule has 2 aromatic rings. The van der Waals surface area contributed by atoms with Crippen LogP contribution >= 0.6 is 11.6 Å². The predicted molar refractivity (Wildman–Crippen MR) is 122 cm³/mol. The van der Waals surface area contributed by atoms with Crippen LogP contribution in [-0.2, 0) is 19.1 Å². The number of esters is 1. The van der Waals surface area contributed by atoms with Gasteiger partial charge in [0.2, 0.25) is 11.8 Å². The van der Waals surface area contributed by atoms with Gasteiger partial charge in [-0.1, -0.05) is 29.8 Å². The molecule has 0 aliphatic carbocycles. The molecule has 3 rings (SSSR count). The lowest BCUT2D eigenvalue weighted by atomic mass is 9.99. The summed E-state index contributed by atoms with van der Waals surface area (Å²) in [4.78, 5) is 50.3. The zero-order valence-corrected chi connectivity index (χ0v) is 18.9. The first kappa shape index (κ1) is 24.2. The first-order valence-corrected chi connectivity index (χ1v) is 10.8. The van der Waals surface area contributed by atoms with Gasteiger partial charge in [-0.15, -0.1) is 0 Å². The van der Waals surface area contributed by atoms with E-state index in [1.165, 1.54) is 23.1 Å². The second kappa shape index (κ2) is 10.4. The fourth-order valence-corrected chi connectivity index (χ4v) is 3.83. The van der Waals surface area contributed by atoms with E-state index in [2.05, 4.69) is 5.32 Å². The molecule has 1 N–H and O–H groups in total. The number of halogens is 1. The third-order valence-electron chi connectivity index (χ3n) is 5.20. The fourth-order valence-electron chi connectivity index (χ4n) is 3.71. The number of nitrogens with zero attached hydrogens (tertiary/aromatic N) is 2. The van der Waals surface area contributed by atoms with Crippen LogP contribution in [0.2, 0.25) is 5.02 Å². The van der Waals surface area contributed by atoms with Crippen molar-refractivity contribution in [2.45, 2.75) is 38.8 Å². The van der Waals surface area contributed by atoms with Crippen LogP contribution in [0.4, 0.5) is 11.4 Å². The first-order chi connectivity index (χ1) is 15.7. The molecule has 1 saturated heterocycles. The molecule has 1 aliphatic rings. The lowest BCUT2D eigenvalue weighted by Crippen LogP contribution is -2.37. The Bertz CT molecular complexity index is 1060. The average Bonchev–Trinajstić information content (AvgIpc) is 3.15. The average molecular weight is 474 g/mol. The van der Waals surface area contributed by atoms with Gasteiger partial charge in [-0.2, -0.15) is 0 Å². The molecule has 1 fully saturated rings. The Labute approximate surface area is 195 Å². The number of nitrogens with one attached hydrogen (secondary N) is 1. The SMILES string of the molecule is CC(C)OC(=O)CC(NC(=O)C1CC(=O)N(c2ccc(Cl)cc2)C1)c1ccccc1[N+](=O)[O-]. The maximum Gasteiger partial charge on any atom is 0.308 e. The summed E-state index contributed by atoms with van der Waals surface area (Å²) in [6.45, 7) is 3.52. The van der Waals surface area contributed by atoms with Gasteiger partial charge in [-0.05, 0) is 38.1 Å². The standard InChI is InChI=1S/C23H24ClN3O6/c1-14(2)33-22(29)12-19(18-5-3-4-6-20(18)27(31)32)25-23(30)15-11-21(28)26(13-15)17-9-7-16(24)8-10-17/h3-10,14-15,19H,11-13H2,1-2H3,(H,25,30). The molecule has 174 valence electrons. The number of carbonyl (C=O) groups excluding carboxylic acids is 3. The summed E-state index contributed by atoms with van der Waals surface area (Å²) < 4.78 is 5.18. The van der Waals surface area contributed by atoms with Gasteiger partial charge in [-0.25, -0.2) is 0 Å². The minimum atomic E-state index is -0.981. The number of nitro groups is 1. The molecule has 0 spiro atoms. The summed E-state index contributed by atoms with van der Waals surface area (Å²) in [6.07, 6.45) is -0.676. The topological polar surface area (TPSA) is 119 Å². The monoisotopic (exact) mass is 473 g/mol. The molecule has 0 saturated carbocycles. The molecule has 2 amide bonds. The molecule has 1 heterocycles. The van der Waals surface area contributed by atoms with E-state index in [-0.39, 0.29) is 42.6 Å². The Morgan fingerprint density at radius 1 is 1.21 bits per heavy atom. The van der Waals surface area contributed by atoms with Crippen LogP contribution in [0.15, 0.2) is 48.5 Å². The number of amides is 2. The highest BCUT2D eigenvalue weighted by Gasteiger charge is 2.37. The van der Waals surface area contributed by atoms with Crippen molar-refractivity contribution in [1.29, 1.82) is 0 Å². The lowest BCUT2D eigenvalue weighted by Gasteiger charge is -2.21. The number of para-hydroxylation sites is 1. The smallest absolute Gasteiger partial charge is 0.308 e. The highest BCUT2D eigenvalue weighted by atomic mass is 35.5. The summed E-state index contributed by atoms with van der Waals surface area (Å²) in [6, 6.07) is 11.6. The van der Waals surface area contributed by atoms with E-state index in [0.29, 0.717) is 10.7 Å². The zero-order valence-electron chi connectivity index (χ0n) is 18.2. The van der Waals surface area contributed by atoms with E-state index in [9.17, 15) is 24.5 Å². The molecule has 0 radical (unpaired) electrons. The van der Waals surface area contributed by atoms with E-state index in [4.69, 9.17) is 16.3 Å². The van der Waals surface area contributed by atoms with Gasteiger partial charge in [-0.3, -0.25) is 24.5 Å². The maximum atomic E-state index is 13.1. The number of carbonyl (C=O) groups is 3. The van der Waals surface area contributed by atoms with Crippen molar-refractivity contribution in [2.24, 2.45) is 5.92 Å². The van der Waals surface area contributed by atoms with Crippen molar-refractivity contribution in [1.82, 2.24) is 5.32 Å². The molecule has 9 nitrogen and oxygen atoms in total. The molecule has 33 heavy (non-hydrogen) atoms. The minimum Gasteiger partial charge on any atom is -0.463 e. The van der Waals surface area contributed by atoms with Crippen molar-refractivity contribution >= 4 is 40.8 Å². The minimum absolute atomic E-state index is 0.0193. The van der Waals surface area contributed by atoms with Crippen LogP contribution in [0.1, 0.15) is 38.3 Å². The normalized spacial score (nSPS) is 16.5. The second-order valence-corrected chi connectivity index (χ2v) is 8.44. The summed E-state index contributed by atoms with van der Waals surface area (Å²) in [5.41, 5.74) is 0.594. The van der Waals surface area contributed by atoms with E-state index < -0.39 is 28.8 Å². The molecule has 0 bridgehead atoms. The molecule has 10 heteroatoms. The van der Waals surface area contributed by atoms with Crippen molar-refractivity contribution in [3.8, 4) is 0 Å². The third kappa shape index (κ3) is 6.07. The maximum absolute atomic E-state index is 13.1. The summed E-state index contributed by atoms with van der Waals surface area (Å²) >= 11 is 5.90. The van der Waals surface area contributed by atoms with Gasteiger partial charge >= 0.3 is 5.97 Å². The van der Waals surface area contributed by atoms with Gasteiger partial charge in [0, 0.05) is 29.7 Å². The number of anilines is 1. The van der Waals surface area contributed by atoms with Crippen molar-refractivity contribution < 1.29 is 24.0 Å². The van der Waals surface area contributed by atoms with Crippen LogP contribution < -0.4 is 10.2 Å². The Kier molecular flexibility index (Phi) is 7.65. The summed E-state index contributed by atoms with van der Waals surface area (Å²) in [7, 11) is 0. The Hall–Kier alpha value is -3.46. The van der Waals surface area contributed by atoms with Gasteiger partial charge in [0.25, 0.3) is 5.69 Å². The number of nitro benzene ring substituents is 1. The van der Waals surface area contributed by atoms with E-state index in [0.717, 1.165) is 0 Å². The third-order valence-corrected chi connectivity index (χ3v) is 5.45. The van der Waals surface area contributed by atoms with Crippen LogP contribution in [0.25, 0.3) is 0 Å². The Balaban J connectivity index is 1.80. The van der Waals surface area contributed by atoms with Gasteiger partial charge in [0.15, 0.2) is 0 Å². The molecular weight excluding hydrogens is 450 g/mol. The molecule has 2 aromatic carbocycles. The van der Waals surface area contributed by atoms with E-state index in [1.54, 1.807) is 44.2 Å². The van der Waals surface area contributed by atoms with Gasteiger partial charge < -0.3 is 15.0 Å². The largest absolute Gasteiger partial charge is 0.463 e. The Morgan fingerprint density at radius 2 is 1.88 bits per heavy atom. The number of hydrogen-bond acceptors (Lipinski definition) is 6. The number of rotatable bonds is 8. The van der Waals surface area contributed by atoms with Crippen molar-refractivity contribution in [3.63, 3.8) is 0 Å². The van der Waals surface area contributed by atoms with Crippen LogP contribution in [0.3, 0.4) is 0 Å². The van der Waals surface area contributed by atoms with Crippen LogP contribution in [0.5, 0.6) is 0 Å². The van der Waals surface area contributed by atoms with Crippen LogP contribution in [-0.4, -0.2) is 35.4 Å². The van der Waals surface area contributed by atoms with Gasteiger partial charge in [0.05, 0.1) is 35.0 Å². The van der Waals surface area contributed by atoms with E-state index in [1.807, 2.05) is 0 Å². The molecule has 2 atom stereocenters. The Morgan fingerprint density at radius 3 is 2.52 bits per heavy atom. The fraction of sp³-hybridized carbons (Fsp3) is 0.348. The highest BCUT2D eigenvalue weighted by Crippen LogP contribution is 2.30. The van der Waals surface area contributed by atoms with Crippen molar-refractivity contribution in [2.75, 3.05) is 11.4 Å². The molecule has 0 aromatic heterocycles. The highest BCUT2D eigenvalue weighted by molar-refractivity contribution is 6.30. The summed E-state index contributed by atoms with van der Waals surface area (Å²) in [5, 5.41) is 14.8. The first-order valence-electron chi connectivity index (χ1n) is 10.4. The number of benzene rings is 2. The molecule has 2 unspecified atom stereocenters. The van der Waals surface area contributed by atoms with Crippen molar-refractivity contribution in [3.05, 3.63) is 69.2 Å². The second-order valence-electron chi connectivity index (χ2n) is 8.00. The number of hydrogen-bond donors (Lipinski definition) is 1. The summed E-state index contributed by atoms with van der Waals surface area (Å²) in [5.74, 6) is -1.97. The quantitative estimate of drug-likeness (QED) is 0.354. The van der Waals surface area contributed by atoms with Gasteiger partial charge in [0.1, 0.15) is 0 Å². The van der Waals surface area contributed by atoms with E-state index >= 15 is 0 Å².